The molecule has 38 heavy (non-hydrogen) atoms. The second-order valence-corrected chi connectivity index (χ2v) is 9.27. The van der Waals surface area contributed by atoms with Gasteiger partial charge < -0.3 is 10.3 Å². The largest absolute Gasteiger partial charge is 0.336 e. The molecule has 6 heterocycles. The van der Waals surface area contributed by atoms with E-state index in [9.17, 15) is 4.79 Å². The molecule has 10 nitrogen and oxygen atoms in total. The van der Waals surface area contributed by atoms with E-state index in [2.05, 4.69) is 40.4 Å². The molecule has 188 valence electrons. The quantitative estimate of drug-likeness (QED) is 0.284. The van der Waals surface area contributed by atoms with Crippen molar-refractivity contribution in [2.75, 3.05) is 5.32 Å². The number of imidazole rings is 1. The van der Waals surface area contributed by atoms with Crippen LogP contribution in [-0.2, 0) is 4.79 Å². The molecule has 0 aliphatic rings. The van der Waals surface area contributed by atoms with Gasteiger partial charge in [-0.05, 0) is 30.2 Å². The summed E-state index contributed by atoms with van der Waals surface area (Å²) in [6.07, 6.45) is 9.90. The van der Waals surface area contributed by atoms with E-state index in [-0.39, 0.29) is 34.1 Å². The van der Waals surface area contributed by atoms with Crippen LogP contribution in [0.5, 0.6) is 0 Å². The van der Waals surface area contributed by atoms with Gasteiger partial charge in [-0.25, -0.2) is 14.4 Å². The van der Waals surface area contributed by atoms with Crippen LogP contribution in [0.4, 0.5) is 10.1 Å². The van der Waals surface area contributed by atoms with Gasteiger partial charge >= 0.3 is 0 Å². The van der Waals surface area contributed by atoms with Crippen molar-refractivity contribution in [2.45, 2.75) is 20.3 Å². The molecular weight excluding hydrogens is 485 g/mol. The molecule has 0 fully saturated rings. The van der Waals surface area contributed by atoms with Gasteiger partial charge in [-0.3, -0.25) is 24.8 Å². The summed E-state index contributed by atoms with van der Waals surface area (Å²) in [4.78, 5) is 37.3. The lowest BCUT2D eigenvalue weighted by Crippen LogP contribution is -2.14. The fraction of sp³-hybridized carbons (Fsp3) is 0.148. The van der Waals surface area contributed by atoms with E-state index in [1.165, 1.54) is 18.6 Å². The number of hydrogen-bond acceptors (Lipinski definition) is 7. The Bertz CT molecular complexity index is 1790. The lowest BCUT2D eigenvalue weighted by Gasteiger charge is -2.09. The maximum atomic E-state index is 16.0. The van der Waals surface area contributed by atoms with Crippen molar-refractivity contribution in [3.05, 3.63) is 67.3 Å². The highest BCUT2D eigenvalue weighted by Gasteiger charge is 2.21. The van der Waals surface area contributed by atoms with Gasteiger partial charge in [0.1, 0.15) is 17.0 Å². The van der Waals surface area contributed by atoms with E-state index in [4.69, 9.17) is 4.98 Å². The summed E-state index contributed by atoms with van der Waals surface area (Å²) in [6, 6.07) is 7.17. The fourth-order valence-corrected chi connectivity index (χ4v) is 4.33. The van der Waals surface area contributed by atoms with Gasteiger partial charge in [0.15, 0.2) is 11.5 Å². The molecule has 0 aromatic carbocycles. The first kappa shape index (κ1) is 23.3. The Morgan fingerprint density at radius 3 is 2.66 bits per heavy atom. The molecule has 0 saturated carbocycles. The number of amides is 1. The number of H-pyrrole nitrogens is 2. The topological polar surface area (TPSA) is 138 Å². The minimum absolute atomic E-state index is 0.129. The van der Waals surface area contributed by atoms with Crippen LogP contribution >= 0.6 is 0 Å². The zero-order valence-corrected chi connectivity index (χ0v) is 20.5. The highest BCUT2D eigenvalue weighted by Crippen LogP contribution is 2.34. The molecular formula is C27H22FN9O. The number of pyridine rings is 4. The van der Waals surface area contributed by atoms with Crippen molar-refractivity contribution in [3.63, 3.8) is 0 Å². The van der Waals surface area contributed by atoms with E-state index in [0.29, 0.717) is 34.7 Å². The second-order valence-electron chi connectivity index (χ2n) is 9.27. The summed E-state index contributed by atoms with van der Waals surface area (Å²) in [6.45, 7) is 3.93. The van der Waals surface area contributed by atoms with E-state index >= 15 is 4.39 Å². The molecule has 3 N–H and O–H groups in total. The number of fused-ring (bicyclic) bond motifs is 2. The van der Waals surface area contributed by atoms with Gasteiger partial charge in [-0.15, -0.1) is 0 Å². The summed E-state index contributed by atoms with van der Waals surface area (Å²) >= 11 is 0. The van der Waals surface area contributed by atoms with E-state index in [1.54, 1.807) is 30.7 Å². The SMILES string of the molecule is CC(C)CC(=O)Nc1cncc(-c2cnc3[nH]nc(-c4nc5c(-c6ccncc6)nccc5[nH]4)c3c2F)c1. The predicted molar refractivity (Wildman–Crippen MR) is 141 cm³/mol. The fourth-order valence-electron chi connectivity index (χ4n) is 4.33. The first-order valence-electron chi connectivity index (χ1n) is 12.0. The monoisotopic (exact) mass is 507 g/mol. The Kier molecular flexibility index (Phi) is 5.79. The Balaban J connectivity index is 1.42. The number of rotatable bonds is 6. The summed E-state index contributed by atoms with van der Waals surface area (Å²) in [5, 5.41) is 10.1. The average molecular weight is 508 g/mol. The molecule has 6 rings (SSSR count). The number of nitrogens with one attached hydrogen (secondary N) is 3. The number of nitrogens with zero attached hydrogens (tertiary/aromatic N) is 6. The van der Waals surface area contributed by atoms with Crippen LogP contribution in [-0.4, -0.2) is 46.0 Å². The van der Waals surface area contributed by atoms with Crippen molar-refractivity contribution >= 4 is 33.7 Å². The van der Waals surface area contributed by atoms with E-state index in [0.717, 1.165) is 11.1 Å². The van der Waals surface area contributed by atoms with Crippen LogP contribution in [0.1, 0.15) is 20.3 Å². The average Bonchev–Trinajstić information content (AvgIpc) is 3.54. The molecule has 0 spiro atoms. The first-order chi connectivity index (χ1) is 18.5. The maximum absolute atomic E-state index is 16.0. The Morgan fingerprint density at radius 2 is 1.84 bits per heavy atom. The standard InChI is InChI=1S/C27H22FN9O/c1-14(2)9-20(38)33-17-10-16(11-30-12-17)18-13-32-26-21(22(18)28)25(36-37-26)27-34-19-5-8-31-23(24(19)35-27)15-3-6-29-7-4-15/h3-8,10-14H,9H2,1-2H3,(H,33,38)(H,34,35)(H,32,36,37). The summed E-state index contributed by atoms with van der Waals surface area (Å²) < 4.78 is 16.0. The van der Waals surface area contributed by atoms with E-state index in [1.807, 2.05) is 26.0 Å². The first-order valence-corrected chi connectivity index (χ1v) is 12.0. The van der Waals surface area contributed by atoms with Crippen molar-refractivity contribution < 1.29 is 9.18 Å². The number of aromatic nitrogens is 8. The zero-order chi connectivity index (χ0) is 26.2. The molecule has 0 bridgehead atoms. The molecule has 0 unspecified atom stereocenters. The minimum atomic E-state index is -0.529. The van der Waals surface area contributed by atoms with Crippen molar-refractivity contribution in [1.29, 1.82) is 0 Å². The Hall–Kier alpha value is -5.06. The number of anilines is 1. The van der Waals surface area contributed by atoms with Gasteiger partial charge in [0.05, 0.1) is 28.5 Å². The third-order valence-corrected chi connectivity index (χ3v) is 6.03. The maximum Gasteiger partial charge on any atom is 0.224 e. The molecule has 0 atom stereocenters. The third kappa shape index (κ3) is 4.23. The Labute approximate surface area is 215 Å². The number of hydrogen-bond donors (Lipinski definition) is 3. The van der Waals surface area contributed by atoms with Gasteiger partial charge in [-0.1, -0.05) is 13.8 Å². The summed E-state index contributed by atoms with van der Waals surface area (Å²) in [7, 11) is 0. The van der Waals surface area contributed by atoms with Crippen LogP contribution in [0.3, 0.4) is 0 Å². The van der Waals surface area contributed by atoms with Crippen LogP contribution < -0.4 is 5.32 Å². The van der Waals surface area contributed by atoms with Gasteiger partial charge in [0.2, 0.25) is 5.91 Å². The number of carbonyl (C=O) groups excluding carboxylic acids is 1. The number of carbonyl (C=O) groups is 1. The highest BCUT2D eigenvalue weighted by atomic mass is 19.1. The Morgan fingerprint density at radius 1 is 1.00 bits per heavy atom. The molecule has 0 aliphatic heterocycles. The normalized spacial score (nSPS) is 11.5. The lowest BCUT2D eigenvalue weighted by molar-refractivity contribution is -0.116. The van der Waals surface area contributed by atoms with Crippen molar-refractivity contribution in [1.82, 2.24) is 40.1 Å². The van der Waals surface area contributed by atoms with Crippen LogP contribution in [0.2, 0.25) is 0 Å². The molecule has 0 aliphatic carbocycles. The zero-order valence-electron chi connectivity index (χ0n) is 20.5. The van der Waals surface area contributed by atoms with Crippen LogP contribution in [0, 0.1) is 11.7 Å². The molecule has 0 saturated heterocycles. The van der Waals surface area contributed by atoms with E-state index < -0.39 is 5.82 Å². The lowest BCUT2D eigenvalue weighted by atomic mass is 10.1. The third-order valence-electron chi connectivity index (χ3n) is 6.03. The predicted octanol–water partition coefficient (Wildman–Crippen LogP) is 5.14. The van der Waals surface area contributed by atoms with Gasteiger partial charge in [0, 0.05) is 54.1 Å². The minimum Gasteiger partial charge on any atom is -0.336 e. The second kappa shape index (κ2) is 9.43. The van der Waals surface area contributed by atoms with Crippen LogP contribution in [0.15, 0.2) is 61.4 Å². The van der Waals surface area contributed by atoms with Crippen molar-refractivity contribution in [2.24, 2.45) is 5.92 Å². The number of halogens is 1. The summed E-state index contributed by atoms with van der Waals surface area (Å²) in [5.41, 5.74) is 4.64. The number of aromatic amines is 2. The van der Waals surface area contributed by atoms with Gasteiger partial charge in [-0.2, -0.15) is 5.10 Å². The molecule has 11 heteroatoms. The smallest absolute Gasteiger partial charge is 0.224 e. The molecule has 6 aromatic heterocycles. The molecule has 1 amide bonds. The highest BCUT2D eigenvalue weighted by molar-refractivity contribution is 5.97. The molecule has 6 aromatic rings. The van der Waals surface area contributed by atoms with Crippen molar-refractivity contribution in [3.8, 4) is 33.9 Å². The molecule has 0 radical (unpaired) electrons. The van der Waals surface area contributed by atoms with Crippen LogP contribution in [0.25, 0.3) is 56.0 Å². The van der Waals surface area contributed by atoms with Gasteiger partial charge in [0.25, 0.3) is 0 Å². The summed E-state index contributed by atoms with van der Waals surface area (Å²) in [5.74, 6) is -0.0699.